The Morgan fingerprint density at radius 3 is 2.57 bits per heavy atom. The van der Waals surface area contributed by atoms with Crippen LogP contribution in [0.4, 0.5) is 0 Å². The lowest BCUT2D eigenvalue weighted by Gasteiger charge is -2.26. The van der Waals surface area contributed by atoms with Crippen molar-refractivity contribution in [3.05, 3.63) is 46.8 Å². The van der Waals surface area contributed by atoms with Gasteiger partial charge in [0.1, 0.15) is 12.5 Å². The molecule has 0 fully saturated rings. The van der Waals surface area contributed by atoms with Crippen molar-refractivity contribution in [2.45, 2.75) is 19.1 Å². The summed E-state index contributed by atoms with van der Waals surface area (Å²) in [4.78, 5) is 0. The summed E-state index contributed by atoms with van der Waals surface area (Å²) < 4.78 is 12.0. The Bertz CT molecular complexity index is 352. The van der Waals surface area contributed by atoms with E-state index in [0.717, 1.165) is 16.5 Å². The van der Waals surface area contributed by atoms with E-state index >= 15 is 0 Å². The molecule has 2 rings (SSSR count). The standard InChI is InChI=1S/C11H11BrO2/c1-2-11(13-6-7-14-11)9-4-3-5-10(12)8-9/h3-8H,2H2,1H3. The summed E-state index contributed by atoms with van der Waals surface area (Å²) in [6.45, 7) is 2.04. The van der Waals surface area contributed by atoms with Crippen molar-refractivity contribution in [2.24, 2.45) is 0 Å². The predicted octanol–water partition coefficient (Wildman–Crippen LogP) is 3.53. The van der Waals surface area contributed by atoms with Crippen LogP contribution < -0.4 is 0 Å². The van der Waals surface area contributed by atoms with Gasteiger partial charge >= 0.3 is 0 Å². The summed E-state index contributed by atoms with van der Waals surface area (Å²) >= 11 is 3.43. The fraction of sp³-hybridized carbons (Fsp3) is 0.273. The van der Waals surface area contributed by atoms with Crippen LogP contribution in [-0.4, -0.2) is 0 Å². The van der Waals surface area contributed by atoms with Gasteiger partial charge in [0.15, 0.2) is 0 Å². The molecule has 0 N–H and O–H groups in total. The van der Waals surface area contributed by atoms with Crippen LogP contribution in [0.3, 0.4) is 0 Å². The molecule has 0 aliphatic carbocycles. The average molecular weight is 255 g/mol. The lowest BCUT2D eigenvalue weighted by molar-refractivity contribution is -0.151. The molecule has 0 saturated heterocycles. The second kappa shape index (κ2) is 3.65. The first-order valence-electron chi connectivity index (χ1n) is 4.53. The fourth-order valence-electron chi connectivity index (χ4n) is 1.54. The van der Waals surface area contributed by atoms with Crippen LogP contribution in [0.25, 0.3) is 0 Å². The van der Waals surface area contributed by atoms with E-state index in [4.69, 9.17) is 9.47 Å². The van der Waals surface area contributed by atoms with E-state index in [2.05, 4.69) is 15.9 Å². The highest BCUT2D eigenvalue weighted by Gasteiger charge is 2.35. The van der Waals surface area contributed by atoms with E-state index in [1.54, 1.807) is 12.5 Å². The van der Waals surface area contributed by atoms with E-state index in [1.165, 1.54) is 0 Å². The third kappa shape index (κ3) is 1.52. The van der Waals surface area contributed by atoms with Crippen LogP contribution >= 0.6 is 15.9 Å². The van der Waals surface area contributed by atoms with Crippen LogP contribution in [0.5, 0.6) is 0 Å². The van der Waals surface area contributed by atoms with Crippen molar-refractivity contribution in [3.8, 4) is 0 Å². The first-order chi connectivity index (χ1) is 6.77. The minimum atomic E-state index is -0.621. The smallest absolute Gasteiger partial charge is 0.276 e. The molecule has 2 nitrogen and oxygen atoms in total. The van der Waals surface area contributed by atoms with Crippen LogP contribution in [0.2, 0.25) is 0 Å². The summed E-state index contributed by atoms with van der Waals surface area (Å²) in [6.07, 6.45) is 3.95. The SMILES string of the molecule is CCC1(c2cccc(Br)c2)OC=CO1. The number of rotatable bonds is 2. The average Bonchev–Trinajstić information content (AvgIpc) is 2.67. The minimum absolute atomic E-state index is 0.621. The summed E-state index contributed by atoms with van der Waals surface area (Å²) in [7, 11) is 0. The van der Waals surface area contributed by atoms with Crippen molar-refractivity contribution in [1.29, 1.82) is 0 Å². The first kappa shape index (κ1) is 9.59. The van der Waals surface area contributed by atoms with Crippen LogP contribution in [-0.2, 0) is 15.3 Å². The second-order valence-corrected chi connectivity index (χ2v) is 4.04. The number of benzene rings is 1. The highest BCUT2D eigenvalue weighted by molar-refractivity contribution is 9.10. The molecular weight excluding hydrogens is 244 g/mol. The normalized spacial score (nSPS) is 17.6. The topological polar surface area (TPSA) is 18.5 Å². The molecule has 0 amide bonds. The lowest BCUT2D eigenvalue weighted by atomic mass is 10.0. The molecule has 0 unspecified atom stereocenters. The van der Waals surface area contributed by atoms with Gasteiger partial charge in [0.2, 0.25) is 0 Å². The molecule has 0 atom stereocenters. The van der Waals surface area contributed by atoms with Crippen LogP contribution in [0.15, 0.2) is 41.3 Å². The molecule has 1 aliphatic rings. The second-order valence-electron chi connectivity index (χ2n) is 3.12. The van der Waals surface area contributed by atoms with Crippen molar-refractivity contribution in [2.75, 3.05) is 0 Å². The first-order valence-corrected chi connectivity index (χ1v) is 5.33. The maximum Gasteiger partial charge on any atom is 0.276 e. The molecule has 1 aromatic carbocycles. The van der Waals surface area contributed by atoms with Gasteiger partial charge in [-0.2, -0.15) is 0 Å². The van der Waals surface area contributed by atoms with Crippen molar-refractivity contribution < 1.29 is 9.47 Å². The molecular formula is C11H11BrO2. The van der Waals surface area contributed by atoms with Crippen molar-refractivity contribution in [1.82, 2.24) is 0 Å². The van der Waals surface area contributed by atoms with Crippen molar-refractivity contribution >= 4 is 15.9 Å². The quantitative estimate of drug-likeness (QED) is 0.804. The third-order valence-corrected chi connectivity index (χ3v) is 2.80. The zero-order chi connectivity index (χ0) is 10.0. The number of ether oxygens (including phenoxy) is 2. The Hall–Kier alpha value is -0.960. The highest BCUT2D eigenvalue weighted by Crippen LogP contribution is 2.35. The third-order valence-electron chi connectivity index (χ3n) is 2.30. The number of halogens is 1. The van der Waals surface area contributed by atoms with Gasteiger partial charge in [-0.25, -0.2) is 0 Å². The molecule has 0 aromatic heterocycles. The summed E-state index contributed by atoms with van der Waals surface area (Å²) in [5.74, 6) is -0.621. The Labute approximate surface area is 91.7 Å². The largest absolute Gasteiger partial charge is 0.453 e. The van der Waals surface area contributed by atoms with E-state index in [-0.39, 0.29) is 0 Å². The molecule has 3 heteroatoms. The highest BCUT2D eigenvalue weighted by atomic mass is 79.9. The van der Waals surface area contributed by atoms with Gasteiger partial charge in [-0.15, -0.1) is 0 Å². The summed E-state index contributed by atoms with van der Waals surface area (Å²) in [5, 5.41) is 0. The number of hydrogen-bond donors (Lipinski definition) is 0. The zero-order valence-corrected chi connectivity index (χ0v) is 9.45. The maximum absolute atomic E-state index is 5.51. The Morgan fingerprint density at radius 2 is 2.00 bits per heavy atom. The fourth-order valence-corrected chi connectivity index (χ4v) is 1.93. The van der Waals surface area contributed by atoms with E-state index in [9.17, 15) is 0 Å². The number of hydrogen-bond acceptors (Lipinski definition) is 2. The molecule has 0 bridgehead atoms. The van der Waals surface area contributed by atoms with Gasteiger partial charge in [-0.05, 0) is 12.1 Å². The van der Waals surface area contributed by atoms with Gasteiger partial charge in [0, 0.05) is 16.5 Å². The molecule has 14 heavy (non-hydrogen) atoms. The van der Waals surface area contributed by atoms with E-state index in [0.29, 0.717) is 0 Å². The molecule has 0 radical (unpaired) electrons. The Kier molecular flexibility index (Phi) is 2.50. The van der Waals surface area contributed by atoms with E-state index in [1.807, 2.05) is 31.2 Å². The van der Waals surface area contributed by atoms with E-state index < -0.39 is 5.79 Å². The Morgan fingerprint density at radius 1 is 1.29 bits per heavy atom. The summed E-state index contributed by atoms with van der Waals surface area (Å²) in [5.41, 5.74) is 1.03. The molecule has 1 aromatic rings. The molecule has 1 aliphatic heterocycles. The van der Waals surface area contributed by atoms with Gasteiger partial charge in [0.25, 0.3) is 5.79 Å². The van der Waals surface area contributed by atoms with Gasteiger partial charge < -0.3 is 9.47 Å². The minimum Gasteiger partial charge on any atom is -0.453 e. The molecule has 1 heterocycles. The predicted molar refractivity (Wildman–Crippen MR) is 57.4 cm³/mol. The van der Waals surface area contributed by atoms with Crippen molar-refractivity contribution in [3.63, 3.8) is 0 Å². The monoisotopic (exact) mass is 254 g/mol. The molecule has 0 saturated carbocycles. The van der Waals surface area contributed by atoms with Crippen LogP contribution in [0.1, 0.15) is 18.9 Å². The van der Waals surface area contributed by atoms with Gasteiger partial charge in [0.05, 0.1) is 0 Å². The molecule has 0 spiro atoms. The maximum atomic E-state index is 5.51. The zero-order valence-electron chi connectivity index (χ0n) is 7.87. The van der Waals surface area contributed by atoms with Gasteiger partial charge in [-0.1, -0.05) is 35.0 Å². The molecule has 74 valence electrons. The van der Waals surface area contributed by atoms with Crippen LogP contribution in [0, 0.1) is 0 Å². The lowest BCUT2D eigenvalue weighted by Crippen LogP contribution is -2.25. The Balaban J connectivity index is 2.37. The van der Waals surface area contributed by atoms with Gasteiger partial charge in [-0.3, -0.25) is 0 Å². The summed E-state index contributed by atoms with van der Waals surface area (Å²) in [6, 6.07) is 7.97.